The Hall–Kier alpha value is -2.14. The molecule has 108 valence electrons. The van der Waals surface area contributed by atoms with E-state index < -0.39 is 0 Å². The van der Waals surface area contributed by atoms with Gasteiger partial charge in [-0.25, -0.2) is 4.79 Å². The molecule has 0 atom stereocenters. The van der Waals surface area contributed by atoms with E-state index in [1.54, 1.807) is 6.07 Å². The topological polar surface area (TPSA) is 54.9 Å². The third-order valence-corrected chi connectivity index (χ3v) is 4.48. The zero-order valence-electron chi connectivity index (χ0n) is 11.9. The van der Waals surface area contributed by atoms with Gasteiger partial charge in [-0.3, -0.25) is 9.36 Å². The highest BCUT2D eigenvalue weighted by molar-refractivity contribution is 7.17. The number of hydrogen-bond donors (Lipinski definition) is 1. The molecule has 3 rings (SSSR count). The van der Waals surface area contributed by atoms with Crippen LogP contribution in [0.25, 0.3) is 10.2 Å². The molecule has 21 heavy (non-hydrogen) atoms. The Balaban J connectivity index is 2.01. The van der Waals surface area contributed by atoms with E-state index in [4.69, 9.17) is 0 Å². The molecule has 0 saturated carbocycles. The number of thiophene rings is 1. The second-order valence-corrected chi connectivity index (χ2v) is 6.30. The smallest absolute Gasteiger partial charge is 0.306 e. The summed E-state index contributed by atoms with van der Waals surface area (Å²) in [5.41, 5.74) is 2.22. The molecule has 0 spiro atoms. The maximum absolute atomic E-state index is 12.3. The first-order valence-corrected chi connectivity index (χ1v) is 7.73. The molecule has 0 aliphatic heterocycles. The molecule has 5 heteroatoms. The number of aromatic nitrogens is 2. The fourth-order valence-corrected chi connectivity index (χ4v) is 3.10. The minimum Gasteiger partial charge on any atom is -0.306 e. The molecule has 0 saturated heterocycles. The van der Waals surface area contributed by atoms with Crippen molar-refractivity contribution in [3.63, 3.8) is 0 Å². The minimum atomic E-state index is -0.362. The van der Waals surface area contributed by atoms with Gasteiger partial charge in [0.25, 0.3) is 5.56 Å². The van der Waals surface area contributed by atoms with Crippen LogP contribution >= 0.6 is 11.3 Å². The normalized spacial score (nSPS) is 11.4. The Kier molecular flexibility index (Phi) is 3.51. The monoisotopic (exact) mass is 300 g/mol. The van der Waals surface area contributed by atoms with Gasteiger partial charge in [0.15, 0.2) is 0 Å². The number of hydrogen-bond acceptors (Lipinski definition) is 3. The Morgan fingerprint density at radius 2 is 1.86 bits per heavy atom. The molecule has 1 N–H and O–H groups in total. The zero-order valence-corrected chi connectivity index (χ0v) is 12.7. The number of benzene rings is 1. The summed E-state index contributed by atoms with van der Waals surface area (Å²) in [5, 5.41) is 1.81. The largest absolute Gasteiger partial charge is 0.329 e. The molecule has 0 aliphatic rings. The van der Waals surface area contributed by atoms with Crippen molar-refractivity contribution < 1.29 is 0 Å². The molecule has 0 fully saturated rings. The average Bonchev–Trinajstić information content (AvgIpc) is 2.92. The van der Waals surface area contributed by atoms with Crippen LogP contribution in [0, 0.1) is 0 Å². The number of rotatable bonds is 3. The lowest BCUT2D eigenvalue weighted by Gasteiger charge is -2.08. The standard InChI is InChI=1S/C16H16N2O2S/c1-10(2)12-5-3-11(4-6-12)9-18-15(19)14-13(7-8-21-14)17-16(18)20/h3-8,10H,9H2,1-2H3,(H,17,20). The van der Waals surface area contributed by atoms with Gasteiger partial charge >= 0.3 is 5.69 Å². The SMILES string of the molecule is CC(C)c1ccc(Cn2c(=O)[nH]c3ccsc3c2=O)cc1. The third kappa shape index (κ3) is 2.56. The van der Waals surface area contributed by atoms with Crippen molar-refractivity contribution in [2.24, 2.45) is 0 Å². The molecule has 3 aromatic rings. The lowest BCUT2D eigenvalue weighted by molar-refractivity contribution is 0.712. The highest BCUT2D eigenvalue weighted by atomic mass is 32.1. The van der Waals surface area contributed by atoms with Crippen LogP contribution < -0.4 is 11.2 Å². The molecule has 0 aliphatic carbocycles. The molecule has 0 bridgehead atoms. The summed E-state index contributed by atoms with van der Waals surface area (Å²) in [5.74, 6) is 0.465. The second kappa shape index (κ2) is 5.33. The predicted octanol–water partition coefficient (Wildman–Crippen LogP) is 2.92. The van der Waals surface area contributed by atoms with Crippen molar-refractivity contribution in [3.05, 3.63) is 67.7 Å². The van der Waals surface area contributed by atoms with E-state index in [2.05, 4.69) is 18.8 Å². The molecule has 2 heterocycles. The number of nitrogens with zero attached hydrogens (tertiary/aromatic N) is 1. The number of fused-ring (bicyclic) bond motifs is 1. The van der Waals surface area contributed by atoms with E-state index in [1.807, 2.05) is 29.6 Å². The van der Waals surface area contributed by atoms with Crippen molar-refractivity contribution in [2.75, 3.05) is 0 Å². The fraction of sp³-hybridized carbons (Fsp3) is 0.250. The maximum Gasteiger partial charge on any atom is 0.329 e. The zero-order chi connectivity index (χ0) is 15.0. The van der Waals surface area contributed by atoms with Gasteiger partial charge < -0.3 is 4.98 Å². The molecule has 0 radical (unpaired) electrons. The molecular formula is C16H16N2O2S. The Morgan fingerprint density at radius 3 is 2.52 bits per heavy atom. The highest BCUT2D eigenvalue weighted by Crippen LogP contribution is 2.15. The van der Waals surface area contributed by atoms with Crippen LogP contribution in [0.4, 0.5) is 0 Å². The number of nitrogens with one attached hydrogen (secondary N) is 1. The van der Waals surface area contributed by atoms with Crippen molar-refractivity contribution in [1.82, 2.24) is 9.55 Å². The average molecular weight is 300 g/mol. The van der Waals surface area contributed by atoms with Crippen LogP contribution in [0.2, 0.25) is 0 Å². The van der Waals surface area contributed by atoms with E-state index in [0.717, 1.165) is 5.56 Å². The van der Waals surface area contributed by atoms with Crippen LogP contribution in [-0.4, -0.2) is 9.55 Å². The Bertz CT molecular complexity index is 885. The van der Waals surface area contributed by atoms with Gasteiger partial charge in [-0.15, -0.1) is 11.3 Å². The quantitative estimate of drug-likeness (QED) is 0.808. The van der Waals surface area contributed by atoms with Gasteiger partial charge in [0, 0.05) is 0 Å². The summed E-state index contributed by atoms with van der Waals surface area (Å²) < 4.78 is 1.84. The summed E-state index contributed by atoms with van der Waals surface area (Å²) in [7, 11) is 0. The molecule has 0 amide bonds. The molecular weight excluding hydrogens is 284 g/mol. The molecule has 2 aromatic heterocycles. The Morgan fingerprint density at radius 1 is 1.14 bits per heavy atom. The lowest BCUT2D eigenvalue weighted by atomic mass is 10.0. The van der Waals surface area contributed by atoms with Gasteiger partial charge in [0.1, 0.15) is 4.70 Å². The van der Waals surface area contributed by atoms with Gasteiger partial charge in [0.05, 0.1) is 12.1 Å². The van der Waals surface area contributed by atoms with Gasteiger partial charge in [0.2, 0.25) is 0 Å². The van der Waals surface area contributed by atoms with Gasteiger partial charge in [-0.1, -0.05) is 38.1 Å². The predicted molar refractivity (Wildman–Crippen MR) is 86.3 cm³/mol. The number of H-pyrrole nitrogens is 1. The van der Waals surface area contributed by atoms with E-state index in [-0.39, 0.29) is 11.2 Å². The third-order valence-electron chi connectivity index (χ3n) is 3.58. The van der Waals surface area contributed by atoms with Gasteiger partial charge in [-0.2, -0.15) is 0 Å². The first-order chi connectivity index (χ1) is 10.1. The second-order valence-electron chi connectivity index (χ2n) is 5.38. The first kappa shape index (κ1) is 13.8. The number of aromatic amines is 1. The van der Waals surface area contributed by atoms with Crippen LogP contribution in [0.5, 0.6) is 0 Å². The summed E-state index contributed by atoms with van der Waals surface area (Å²) in [6.07, 6.45) is 0. The summed E-state index contributed by atoms with van der Waals surface area (Å²) in [6.45, 7) is 4.56. The Labute approximate surface area is 125 Å². The van der Waals surface area contributed by atoms with Crippen LogP contribution in [-0.2, 0) is 6.54 Å². The van der Waals surface area contributed by atoms with E-state index in [1.165, 1.54) is 21.5 Å². The van der Waals surface area contributed by atoms with Crippen LogP contribution in [0.3, 0.4) is 0 Å². The summed E-state index contributed by atoms with van der Waals surface area (Å²) >= 11 is 1.35. The molecule has 1 aromatic carbocycles. The van der Waals surface area contributed by atoms with E-state index in [0.29, 0.717) is 22.7 Å². The highest BCUT2D eigenvalue weighted by Gasteiger charge is 2.09. The van der Waals surface area contributed by atoms with Gasteiger partial charge in [-0.05, 0) is 28.5 Å². The lowest BCUT2D eigenvalue weighted by Crippen LogP contribution is -2.34. The minimum absolute atomic E-state index is 0.225. The van der Waals surface area contributed by atoms with Crippen LogP contribution in [0.15, 0.2) is 45.3 Å². The summed E-state index contributed by atoms with van der Waals surface area (Å²) in [4.78, 5) is 27.1. The van der Waals surface area contributed by atoms with E-state index >= 15 is 0 Å². The van der Waals surface area contributed by atoms with Crippen molar-refractivity contribution in [2.45, 2.75) is 26.3 Å². The fourth-order valence-electron chi connectivity index (χ4n) is 2.30. The van der Waals surface area contributed by atoms with Crippen LogP contribution in [0.1, 0.15) is 30.9 Å². The molecule has 0 unspecified atom stereocenters. The van der Waals surface area contributed by atoms with Crippen molar-refractivity contribution in [3.8, 4) is 0 Å². The van der Waals surface area contributed by atoms with Crippen molar-refractivity contribution >= 4 is 21.6 Å². The van der Waals surface area contributed by atoms with E-state index in [9.17, 15) is 9.59 Å². The molecule has 4 nitrogen and oxygen atoms in total. The van der Waals surface area contributed by atoms with Crippen molar-refractivity contribution in [1.29, 1.82) is 0 Å². The summed E-state index contributed by atoms with van der Waals surface area (Å²) in [6, 6.07) is 9.79. The maximum atomic E-state index is 12.3. The first-order valence-electron chi connectivity index (χ1n) is 6.85.